The van der Waals surface area contributed by atoms with Crippen molar-refractivity contribution in [3.8, 4) is 5.88 Å². The molecule has 0 unspecified atom stereocenters. The molecular formula is C15H12N4O3. The van der Waals surface area contributed by atoms with Crippen LogP contribution < -0.4 is 0 Å². The second-order valence-corrected chi connectivity index (χ2v) is 5.26. The predicted octanol–water partition coefficient (Wildman–Crippen LogP) is 1.28. The van der Waals surface area contributed by atoms with Gasteiger partial charge in [-0.25, -0.2) is 4.98 Å². The van der Waals surface area contributed by atoms with Crippen molar-refractivity contribution in [3.05, 3.63) is 46.6 Å². The zero-order valence-electron chi connectivity index (χ0n) is 11.5. The Morgan fingerprint density at radius 2 is 1.95 bits per heavy atom. The molecule has 2 heterocycles. The van der Waals surface area contributed by atoms with Crippen molar-refractivity contribution in [1.29, 1.82) is 0 Å². The van der Waals surface area contributed by atoms with Gasteiger partial charge in [0.1, 0.15) is 5.69 Å². The first-order valence-corrected chi connectivity index (χ1v) is 6.94. The number of hydrogen-bond donors (Lipinski definition) is 2. The maximum absolute atomic E-state index is 11.2. The van der Waals surface area contributed by atoms with Gasteiger partial charge in [0.15, 0.2) is 5.76 Å². The molecule has 7 heteroatoms. The van der Waals surface area contributed by atoms with Crippen LogP contribution in [0.3, 0.4) is 0 Å². The van der Waals surface area contributed by atoms with E-state index in [1.807, 2.05) is 0 Å². The fourth-order valence-corrected chi connectivity index (χ4v) is 2.66. The highest BCUT2D eigenvalue weighted by Crippen LogP contribution is 2.25. The summed E-state index contributed by atoms with van der Waals surface area (Å²) >= 11 is 0. The molecule has 2 aromatic rings. The molecule has 0 radical (unpaired) electrons. The molecule has 2 N–H and O–H groups in total. The van der Waals surface area contributed by atoms with Gasteiger partial charge in [0.2, 0.25) is 11.7 Å². The highest BCUT2D eigenvalue weighted by molar-refractivity contribution is 6.04. The van der Waals surface area contributed by atoms with Crippen molar-refractivity contribution in [3.63, 3.8) is 0 Å². The van der Waals surface area contributed by atoms with E-state index < -0.39 is 5.78 Å². The number of aryl methyl sites for hydroxylation is 2. The fraction of sp³-hybridized carbons (Fsp3) is 0.200. The smallest absolute Gasteiger partial charge is 0.254 e. The number of ketones is 1. The summed E-state index contributed by atoms with van der Waals surface area (Å²) in [5.41, 5.74) is 2.78. The van der Waals surface area contributed by atoms with Gasteiger partial charge < -0.3 is 10.2 Å². The molecule has 2 aliphatic carbocycles. The van der Waals surface area contributed by atoms with Crippen molar-refractivity contribution in [1.82, 2.24) is 19.6 Å². The number of rotatable bonds is 1. The van der Waals surface area contributed by atoms with Crippen LogP contribution in [-0.4, -0.2) is 35.6 Å². The summed E-state index contributed by atoms with van der Waals surface area (Å²) in [5, 5.41) is 24.0. The minimum absolute atomic E-state index is 0.186. The number of fused-ring (bicyclic) bond motifs is 2. The van der Waals surface area contributed by atoms with Crippen LogP contribution in [0.4, 0.5) is 0 Å². The molecule has 7 nitrogen and oxygen atoms in total. The number of aliphatic hydroxyl groups is 1. The second kappa shape index (κ2) is 4.52. The zero-order chi connectivity index (χ0) is 15.3. The summed E-state index contributed by atoms with van der Waals surface area (Å²) in [4.78, 5) is 19.7. The standard InChI is InChI=1S/C15H12N4O3/c20-12-5-4-8(7-13(12)21)6-11-14(22)17-15-16-9-2-1-3-10(9)18-19(11)15/h4-7,21-22H,1-3H2/b8-6-. The Morgan fingerprint density at radius 1 is 1.14 bits per heavy atom. The molecule has 110 valence electrons. The Labute approximate surface area is 124 Å². The largest absolute Gasteiger partial charge is 0.504 e. The minimum atomic E-state index is -0.447. The number of aromatic hydroxyl groups is 1. The number of carbonyl (C=O) groups is 1. The molecule has 0 aliphatic heterocycles. The maximum Gasteiger partial charge on any atom is 0.254 e. The Kier molecular flexibility index (Phi) is 2.62. The quantitative estimate of drug-likeness (QED) is 0.822. The highest BCUT2D eigenvalue weighted by Gasteiger charge is 2.20. The molecule has 0 atom stereocenters. The number of aromatic nitrogens is 4. The first kappa shape index (κ1) is 12.8. The Balaban J connectivity index is 1.87. The van der Waals surface area contributed by atoms with E-state index in [1.165, 1.54) is 16.7 Å². The number of allylic oxidation sites excluding steroid dienone is 4. The molecule has 4 rings (SSSR count). The third-order valence-corrected chi connectivity index (χ3v) is 3.75. The first-order chi connectivity index (χ1) is 10.6. The molecule has 0 amide bonds. The minimum Gasteiger partial charge on any atom is -0.504 e. The van der Waals surface area contributed by atoms with Crippen molar-refractivity contribution in [2.24, 2.45) is 0 Å². The second-order valence-electron chi connectivity index (χ2n) is 5.26. The van der Waals surface area contributed by atoms with Crippen LogP contribution in [0.25, 0.3) is 11.9 Å². The van der Waals surface area contributed by atoms with E-state index in [0.29, 0.717) is 17.0 Å². The lowest BCUT2D eigenvalue weighted by atomic mass is 10.1. The summed E-state index contributed by atoms with van der Waals surface area (Å²) in [6.07, 6.45) is 8.53. The van der Waals surface area contributed by atoms with E-state index in [0.717, 1.165) is 30.7 Å². The molecule has 0 saturated carbocycles. The average molecular weight is 296 g/mol. The van der Waals surface area contributed by atoms with Gasteiger partial charge in [0.05, 0.1) is 11.4 Å². The van der Waals surface area contributed by atoms with Crippen LogP contribution in [0.15, 0.2) is 29.6 Å². The first-order valence-electron chi connectivity index (χ1n) is 6.94. The highest BCUT2D eigenvalue weighted by atomic mass is 16.3. The molecule has 22 heavy (non-hydrogen) atoms. The fourth-order valence-electron chi connectivity index (χ4n) is 2.66. The molecule has 0 fully saturated rings. The van der Waals surface area contributed by atoms with Gasteiger partial charge in [0, 0.05) is 0 Å². The number of hydrogen-bond acceptors (Lipinski definition) is 6. The van der Waals surface area contributed by atoms with E-state index in [4.69, 9.17) is 0 Å². The molecule has 0 bridgehead atoms. The monoisotopic (exact) mass is 296 g/mol. The lowest BCUT2D eigenvalue weighted by molar-refractivity contribution is -0.113. The van der Waals surface area contributed by atoms with Crippen molar-refractivity contribution in [2.45, 2.75) is 19.3 Å². The number of imidazole rings is 1. The Hall–Kier alpha value is -2.96. The summed E-state index contributed by atoms with van der Waals surface area (Å²) in [6.45, 7) is 0. The van der Waals surface area contributed by atoms with Crippen LogP contribution >= 0.6 is 0 Å². The van der Waals surface area contributed by atoms with Gasteiger partial charge in [-0.1, -0.05) is 6.08 Å². The SMILES string of the molecule is O=C1C=C/C(=C/c2c(O)nc3nc4c(nn23)CCC4)C=C1O. The number of nitrogens with zero attached hydrogens (tertiary/aromatic N) is 4. The van der Waals surface area contributed by atoms with E-state index in [2.05, 4.69) is 15.1 Å². The normalized spacial score (nSPS) is 19.0. The van der Waals surface area contributed by atoms with Gasteiger partial charge >= 0.3 is 0 Å². The van der Waals surface area contributed by atoms with Gasteiger partial charge in [-0.3, -0.25) is 4.79 Å². The summed E-state index contributed by atoms with van der Waals surface area (Å²) in [6, 6.07) is 0. The number of carbonyl (C=O) groups excluding carboxylic acids is 1. The van der Waals surface area contributed by atoms with Gasteiger partial charge in [0.25, 0.3) is 5.78 Å². The molecule has 2 aliphatic rings. The summed E-state index contributed by atoms with van der Waals surface area (Å²) in [5.74, 6) is -0.630. The van der Waals surface area contributed by atoms with Gasteiger partial charge in [-0.2, -0.15) is 14.6 Å². The van der Waals surface area contributed by atoms with E-state index in [-0.39, 0.29) is 11.6 Å². The molecule has 0 aromatic carbocycles. The van der Waals surface area contributed by atoms with E-state index in [1.54, 1.807) is 12.2 Å². The van der Waals surface area contributed by atoms with Crippen molar-refractivity contribution >= 4 is 17.6 Å². The van der Waals surface area contributed by atoms with Crippen molar-refractivity contribution < 1.29 is 15.0 Å². The van der Waals surface area contributed by atoms with Crippen LogP contribution in [-0.2, 0) is 17.6 Å². The molecule has 0 spiro atoms. The maximum atomic E-state index is 11.2. The third-order valence-electron chi connectivity index (χ3n) is 3.75. The van der Waals surface area contributed by atoms with E-state index >= 15 is 0 Å². The van der Waals surface area contributed by atoms with Gasteiger partial charge in [-0.05, 0) is 43.1 Å². The topological polar surface area (TPSA) is 101 Å². The predicted molar refractivity (Wildman–Crippen MR) is 77.3 cm³/mol. The molecule has 0 saturated heterocycles. The Morgan fingerprint density at radius 3 is 2.77 bits per heavy atom. The summed E-state index contributed by atoms with van der Waals surface area (Å²) < 4.78 is 1.49. The molecule has 2 aromatic heterocycles. The third kappa shape index (κ3) is 1.90. The van der Waals surface area contributed by atoms with Crippen LogP contribution in [0.5, 0.6) is 5.88 Å². The molecular weight excluding hydrogens is 284 g/mol. The number of aliphatic hydroxyl groups excluding tert-OH is 1. The lowest BCUT2D eigenvalue weighted by Crippen LogP contribution is -2.04. The lowest BCUT2D eigenvalue weighted by Gasteiger charge is -2.04. The van der Waals surface area contributed by atoms with Gasteiger partial charge in [-0.15, -0.1) is 0 Å². The van der Waals surface area contributed by atoms with Crippen LogP contribution in [0.1, 0.15) is 23.5 Å². The van der Waals surface area contributed by atoms with Crippen LogP contribution in [0.2, 0.25) is 0 Å². The average Bonchev–Trinajstić information content (AvgIpc) is 3.05. The Bertz CT molecular complexity index is 905. The summed E-state index contributed by atoms with van der Waals surface area (Å²) in [7, 11) is 0. The zero-order valence-corrected chi connectivity index (χ0v) is 11.5. The van der Waals surface area contributed by atoms with Crippen molar-refractivity contribution in [2.75, 3.05) is 0 Å². The van der Waals surface area contributed by atoms with Crippen LogP contribution in [0, 0.1) is 0 Å². The van der Waals surface area contributed by atoms with E-state index in [9.17, 15) is 15.0 Å².